The molecule has 0 unspecified atom stereocenters. The molecule has 0 saturated heterocycles. The van der Waals surface area contributed by atoms with Crippen LogP contribution >= 0.6 is 0 Å². The van der Waals surface area contributed by atoms with Crippen LogP contribution < -0.4 is 15.4 Å². The number of alkyl halides is 2. The summed E-state index contributed by atoms with van der Waals surface area (Å²) < 4.78 is 40.9. The summed E-state index contributed by atoms with van der Waals surface area (Å²) in [5.74, 6) is -1.78. The van der Waals surface area contributed by atoms with Crippen LogP contribution in [0.25, 0.3) is 0 Å². The van der Waals surface area contributed by atoms with Gasteiger partial charge >= 0.3 is 6.09 Å². The number of H-pyrrole nitrogens is 1. The fourth-order valence-corrected chi connectivity index (χ4v) is 5.72. The van der Waals surface area contributed by atoms with Gasteiger partial charge in [-0.1, -0.05) is 0 Å². The maximum absolute atomic E-state index is 14.9. The Morgan fingerprint density at radius 1 is 1.19 bits per heavy atom. The lowest BCUT2D eigenvalue weighted by atomic mass is 9.35. The zero-order valence-corrected chi connectivity index (χ0v) is 16.8. The van der Waals surface area contributed by atoms with E-state index in [0.29, 0.717) is 24.5 Å². The highest BCUT2D eigenvalue weighted by Crippen LogP contribution is 2.77. The number of rotatable bonds is 0. The minimum atomic E-state index is -2.97. The Bertz CT molecular complexity index is 1040. The molecule has 5 heterocycles. The molecule has 2 aromatic heterocycles. The molecule has 0 radical (unpaired) electrons. The third kappa shape index (κ3) is 2.73. The molecule has 0 spiro atoms. The number of amides is 1. The molecule has 2 aromatic rings. The number of carbonyl (C=O) groups is 1. The van der Waals surface area contributed by atoms with Gasteiger partial charge in [0.1, 0.15) is 11.6 Å². The predicted octanol–water partition coefficient (Wildman–Crippen LogP) is 3.86. The molecule has 1 amide bonds. The number of anilines is 2. The summed E-state index contributed by atoms with van der Waals surface area (Å²) in [4.78, 5) is 16.5. The second-order valence-electron chi connectivity index (χ2n) is 9.27. The van der Waals surface area contributed by atoms with Crippen LogP contribution in [0.3, 0.4) is 0 Å². The topological polar surface area (TPSA) is 101 Å². The molecule has 10 heteroatoms. The van der Waals surface area contributed by atoms with E-state index < -0.39 is 23.0 Å². The summed E-state index contributed by atoms with van der Waals surface area (Å²) in [5.41, 5.74) is -0.905. The highest BCUT2D eigenvalue weighted by Gasteiger charge is 2.88. The molecule has 9 rings (SSSR count). The standard InChI is InChI=1S/C21H23F2N5O3/c22-21(23)19-4-6-30-17-8-13(3-5-24-17)25-16-9-15(27-28-16)12-1-2-14(7-12)31-18(29)26-20(21,10-19)11-19/h3,5,8-9,12,14H,1-2,4,6-7,10-11H2,(H,26,29)(H2,25,27,28)/t12-,14+,19?,20?/m0/s1. The van der Waals surface area contributed by atoms with Crippen LogP contribution in [-0.2, 0) is 4.74 Å². The lowest BCUT2D eigenvalue weighted by Crippen LogP contribution is -2.89. The first-order valence-electron chi connectivity index (χ1n) is 10.7. The van der Waals surface area contributed by atoms with Gasteiger partial charge in [-0.2, -0.15) is 5.10 Å². The zero-order valence-electron chi connectivity index (χ0n) is 16.8. The minimum absolute atomic E-state index is 0.128. The van der Waals surface area contributed by atoms with Gasteiger partial charge in [-0.05, 0) is 44.6 Å². The van der Waals surface area contributed by atoms with Crippen LogP contribution in [0.5, 0.6) is 5.88 Å². The Kier molecular flexibility index (Phi) is 3.83. The zero-order chi connectivity index (χ0) is 21.3. The van der Waals surface area contributed by atoms with Gasteiger partial charge < -0.3 is 20.1 Å². The smallest absolute Gasteiger partial charge is 0.408 e. The Morgan fingerprint density at radius 3 is 2.90 bits per heavy atom. The fraction of sp³-hybridized carbons (Fsp3) is 0.571. The second-order valence-corrected chi connectivity index (χ2v) is 9.27. The molecule has 164 valence electrons. The van der Waals surface area contributed by atoms with Crippen molar-refractivity contribution >= 4 is 17.6 Å². The average molecular weight is 431 g/mol. The number of hydrogen-bond donors (Lipinski definition) is 3. The molecule has 4 aliphatic carbocycles. The molecule has 4 saturated carbocycles. The number of nitrogens with zero attached hydrogens (tertiary/aromatic N) is 2. The Balaban J connectivity index is 1.26. The summed E-state index contributed by atoms with van der Waals surface area (Å²) in [5, 5.41) is 13.1. The van der Waals surface area contributed by atoms with Crippen LogP contribution in [0.15, 0.2) is 24.4 Å². The second kappa shape index (κ2) is 6.30. The normalized spacial score (nSPS) is 35.5. The Morgan fingerprint density at radius 2 is 2.06 bits per heavy atom. The lowest BCUT2D eigenvalue weighted by Gasteiger charge is -2.74. The highest BCUT2D eigenvalue weighted by molar-refractivity contribution is 5.70. The lowest BCUT2D eigenvalue weighted by molar-refractivity contribution is -0.374. The molecule has 3 aliphatic heterocycles. The minimum Gasteiger partial charge on any atom is -0.478 e. The maximum atomic E-state index is 14.9. The SMILES string of the molecule is O=C1NC23CC(CCOc4cc(ccn4)Nc4cc([nH]n4)[C@H]4CC[C@H](C4)O1)(C2)C3(F)F. The summed E-state index contributed by atoms with van der Waals surface area (Å²) >= 11 is 0. The van der Waals surface area contributed by atoms with Gasteiger partial charge in [0.25, 0.3) is 5.92 Å². The van der Waals surface area contributed by atoms with Crippen molar-refractivity contribution in [1.82, 2.24) is 20.5 Å². The monoisotopic (exact) mass is 431 g/mol. The van der Waals surface area contributed by atoms with Crippen LogP contribution in [0.2, 0.25) is 0 Å². The van der Waals surface area contributed by atoms with Gasteiger partial charge in [-0.25, -0.2) is 18.6 Å². The van der Waals surface area contributed by atoms with Crippen LogP contribution in [0.1, 0.15) is 50.1 Å². The molecule has 31 heavy (non-hydrogen) atoms. The van der Waals surface area contributed by atoms with Crippen molar-refractivity contribution in [2.45, 2.75) is 62.0 Å². The number of halogens is 2. The van der Waals surface area contributed by atoms with E-state index in [0.717, 1.165) is 17.8 Å². The first-order chi connectivity index (χ1) is 14.9. The van der Waals surface area contributed by atoms with Crippen molar-refractivity contribution in [1.29, 1.82) is 0 Å². The number of ether oxygens (including phenoxy) is 2. The summed E-state index contributed by atoms with van der Waals surface area (Å²) in [6, 6.07) is 5.45. The van der Waals surface area contributed by atoms with Crippen molar-refractivity contribution < 1.29 is 23.0 Å². The summed E-state index contributed by atoms with van der Waals surface area (Å²) in [6.45, 7) is 0.128. The molecule has 7 aliphatic rings. The van der Waals surface area contributed by atoms with Gasteiger partial charge in [0.15, 0.2) is 5.82 Å². The third-order valence-electron chi connectivity index (χ3n) is 7.42. The summed E-state index contributed by atoms with van der Waals surface area (Å²) in [6.07, 6.45) is 3.40. The maximum Gasteiger partial charge on any atom is 0.408 e. The van der Waals surface area contributed by atoms with Crippen LogP contribution in [0, 0.1) is 5.41 Å². The van der Waals surface area contributed by atoms with Crippen molar-refractivity contribution in [3.05, 3.63) is 30.1 Å². The van der Waals surface area contributed by atoms with Crippen LogP contribution in [0.4, 0.5) is 25.1 Å². The quantitative estimate of drug-likeness (QED) is 0.586. The van der Waals surface area contributed by atoms with E-state index in [-0.39, 0.29) is 37.9 Å². The van der Waals surface area contributed by atoms with Crippen LogP contribution in [-0.4, -0.2) is 45.4 Å². The van der Waals surface area contributed by atoms with Crippen molar-refractivity contribution in [2.75, 3.05) is 11.9 Å². The number of aromatic amines is 1. The number of pyridine rings is 1. The first-order valence-corrected chi connectivity index (χ1v) is 10.7. The van der Waals surface area contributed by atoms with Gasteiger partial charge in [0.05, 0.1) is 6.61 Å². The molecule has 8 nitrogen and oxygen atoms in total. The summed E-state index contributed by atoms with van der Waals surface area (Å²) in [7, 11) is 0. The fourth-order valence-electron chi connectivity index (χ4n) is 5.72. The Hall–Kier alpha value is -2.91. The number of carbonyl (C=O) groups excluding carboxylic acids is 1. The van der Waals surface area contributed by atoms with E-state index in [4.69, 9.17) is 9.47 Å². The average Bonchev–Trinajstić information content (AvgIpc) is 3.35. The van der Waals surface area contributed by atoms with E-state index in [1.165, 1.54) is 0 Å². The molecular weight excluding hydrogens is 408 g/mol. The van der Waals surface area contributed by atoms with E-state index in [1.807, 2.05) is 6.07 Å². The molecule has 0 aromatic carbocycles. The van der Waals surface area contributed by atoms with Gasteiger partial charge in [-0.3, -0.25) is 5.10 Å². The molecule has 4 fully saturated rings. The van der Waals surface area contributed by atoms with Gasteiger partial charge in [0, 0.05) is 41.0 Å². The van der Waals surface area contributed by atoms with Crippen molar-refractivity contribution in [2.24, 2.45) is 5.41 Å². The van der Waals surface area contributed by atoms with Crippen molar-refractivity contribution in [3.63, 3.8) is 0 Å². The Labute approximate surface area is 177 Å². The number of nitrogens with one attached hydrogen (secondary N) is 3. The van der Waals surface area contributed by atoms with Gasteiger partial charge in [-0.15, -0.1) is 0 Å². The van der Waals surface area contributed by atoms with E-state index in [1.54, 1.807) is 18.3 Å². The first kappa shape index (κ1) is 18.8. The molecule has 8 bridgehead atoms. The van der Waals surface area contributed by atoms with E-state index in [9.17, 15) is 13.6 Å². The number of alkyl carbamates (subject to hydrolysis) is 1. The number of hydrogen-bond acceptors (Lipinski definition) is 6. The molecular formula is C21H23F2N5O3. The van der Waals surface area contributed by atoms with E-state index >= 15 is 0 Å². The van der Waals surface area contributed by atoms with Crippen molar-refractivity contribution in [3.8, 4) is 5.88 Å². The highest BCUT2D eigenvalue weighted by atomic mass is 19.3. The molecule has 3 N–H and O–H groups in total. The predicted molar refractivity (Wildman–Crippen MR) is 106 cm³/mol. The van der Waals surface area contributed by atoms with Gasteiger partial charge in [0.2, 0.25) is 5.88 Å². The van der Waals surface area contributed by atoms with E-state index in [2.05, 4.69) is 25.8 Å². The third-order valence-corrected chi connectivity index (χ3v) is 7.42. The molecule has 2 atom stereocenters. The largest absolute Gasteiger partial charge is 0.478 e. The number of aromatic nitrogens is 3.